The highest BCUT2D eigenvalue weighted by molar-refractivity contribution is 6.00. The number of aliphatic hydroxyl groups excluding tert-OH is 1. The highest BCUT2D eigenvalue weighted by atomic mass is 16.7. The molecule has 0 radical (unpaired) electrons. The lowest BCUT2D eigenvalue weighted by molar-refractivity contribution is -0.494. The molecule has 1 aromatic heterocycles. The van der Waals surface area contributed by atoms with Gasteiger partial charge in [-0.25, -0.2) is 14.5 Å². The number of likely N-dealkylation sites (N-methyl/N-ethyl adjacent to an activating group) is 1. The van der Waals surface area contributed by atoms with Gasteiger partial charge in [0.25, 0.3) is 0 Å². The Bertz CT molecular complexity index is 1860. The summed E-state index contributed by atoms with van der Waals surface area (Å²) in [4.78, 5) is 44.5. The maximum Gasteiger partial charge on any atom is 0.425 e. The van der Waals surface area contributed by atoms with Gasteiger partial charge in [0.05, 0.1) is 29.2 Å². The smallest absolute Gasteiger partial charge is 0.425 e. The molecule has 4 aliphatic heterocycles. The molecule has 13 atom stereocenters. The van der Waals surface area contributed by atoms with Gasteiger partial charge in [-0.15, -0.1) is 5.10 Å². The number of nitrogens with zero attached hydrogens (tertiary/aromatic N) is 7. The van der Waals surface area contributed by atoms with E-state index >= 15 is 0 Å². The van der Waals surface area contributed by atoms with E-state index in [9.17, 15) is 24.7 Å². The summed E-state index contributed by atoms with van der Waals surface area (Å²) in [6.07, 6.45) is -3.54. The number of para-hydroxylation sites is 1. The number of hydroxylamine groups is 1. The second-order valence-corrected chi connectivity index (χ2v) is 17.5. The van der Waals surface area contributed by atoms with Crippen molar-refractivity contribution in [3.63, 3.8) is 0 Å². The molecule has 1 amide bonds. The van der Waals surface area contributed by atoms with Gasteiger partial charge in [0.1, 0.15) is 29.7 Å². The number of aliphatic hydroxyl groups is 1. The van der Waals surface area contributed by atoms with Crippen molar-refractivity contribution >= 4 is 34.6 Å². The third-order valence-corrected chi connectivity index (χ3v) is 13.2. The molecule has 322 valence electrons. The van der Waals surface area contributed by atoms with Crippen LogP contribution in [0, 0.1) is 28.9 Å². The average Bonchev–Trinajstić information content (AvgIpc) is 3.68. The van der Waals surface area contributed by atoms with E-state index in [1.54, 1.807) is 23.5 Å². The highest BCUT2D eigenvalue weighted by Crippen LogP contribution is 2.44. The van der Waals surface area contributed by atoms with Gasteiger partial charge in [-0.2, -0.15) is 9.75 Å². The number of hydrogen-bond donors (Lipinski definition) is 1. The predicted octanol–water partition coefficient (Wildman–Crippen LogP) is 3.60. The number of carbonyl (C=O) groups excluding carboxylic acids is 3. The average molecular weight is 814 g/mol. The minimum Gasteiger partial charge on any atom is -0.623 e. The number of carbonyl (C=O) groups is 3. The van der Waals surface area contributed by atoms with Crippen LogP contribution in [0.25, 0.3) is 11.0 Å². The number of ketones is 1. The first-order chi connectivity index (χ1) is 27.4. The molecule has 6 rings (SSSR count). The van der Waals surface area contributed by atoms with Crippen LogP contribution in [0.3, 0.4) is 0 Å². The number of fused-ring (bicyclic) bond motifs is 2. The van der Waals surface area contributed by atoms with Gasteiger partial charge in [0, 0.05) is 38.1 Å². The van der Waals surface area contributed by atoms with Gasteiger partial charge in [-0.3, -0.25) is 9.59 Å². The lowest BCUT2D eigenvalue weighted by atomic mass is 9.73. The summed E-state index contributed by atoms with van der Waals surface area (Å²) < 4.78 is 34.4. The zero-order valence-electron chi connectivity index (χ0n) is 35.9. The summed E-state index contributed by atoms with van der Waals surface area (Å²) in [5.74, 6) is -4.48. The van der Waals surface area contributed by atoms with Crippen molar-refractivity contribution in [3.8, 4) is 0 Å². The Morgan fingerprint density at radius 1 is 1.07 bits per heavy atom. The lowest BCUT2D eigenvalue weighted by Crippen LogP contribution is -2.61. The number of rotatable bonds is 9. The van der Waals surface area contributed by atoms with Crippen molar-refractivity contribution < 1.29 is 47.9 Å². The van der Waals surface area contributed by atoms with Gasteiger partial charge in [0.15, 0.2) is 23.4 Å². The van der Waals surface area contributed by atoms with E-state index < -0.39 is 83.4 Å². The van der Waals surface area contributed by atoms with Crippen LogP contribution in [0.2, 0.25) is 0 Å². The third kappa shape index (κ3) is 7.97. The van der Waals surface area contributed by atoms with Gasteiger partial charge in [-0.1, -0.05) is 45.0 Å². The number of hydrogen-bond acceptors (Lipinski definition) is 14. The first-order valence-electron chi connectivity index (χ1n) is 20.7. The van der Waals surface area contributed by atoms with Gasteiger partial charge in [-0.05, 0) is 79.6 Å². The Morgan fingerprint density at radius 2 is 1.78 bits per heavy atom. The molecule has 17 nitrogen and oxygen atoms in total. The molecule has 2 bridgehead atoms. The Labute approximate surface area is 341 Å². The second-order valence-electron chi connectivity index (χ2n) is 17.5. The summed E-state index contributed by atoms with van der Waals surface area (Å²) in [5.41, 5.74) is -0.521. The number of amides is 1. The standard InChI is InChI=1S/C41H63N7O10/c1-12-31-41(8)35-25(4)32(47(53)22-45(48(35)39(52)58-41)18-15-19-46-29-17-14-13-16-28(29)42-43-46)23(2)21-40(7,54-11)36(26(5)33(49)27(6)37(51)56-31)57-38-34(50)30(44(9)10)20-24(3)55-38/h13-14,16-17,23-27,30-31,34-36,38,50H,12,15,18-22H2,1-11H3/t23-,24-,25-,26+,27-,30+,31+,34-,35-,36-,38+,40+,41-/m1/s1. The molecular weight excluding hydrogens is 750 g/mol. The van der Waals surface area contributed by atoms with Gasteiger partial charge < -0.3 is 38.9 Å². The Hall–Kier alpha value is -3.74. The number of aromatic nitrogens is 3. The van der Waals surface area contributed by atoms with Crippen LogP contribution in [-0.2, 0) is 39.8 Å². The largest absolute Gasteiger partial charge is 0.623 e. The molecule has 1 aromatic carbocycles. The normalized spacial score (nSPS) is 38.2. The van der Waals surface area contributed by atoms with Crippen LogP contribution < -0.4 is 0 Å². The van der Waals surface area contributed by atoms with E-state index in [-0.39, 0.29) is 31.7 Å². The Morgan fingerprint density at radius 3 is 2.45 bits per heavy atom. The molecule has 3 saturated heterocycles. The minimum absolute atomic E-state index is 0.179. The number of benzene rings is 1. The topological polar surface area (TPSA) is 184 Å². The SMILES string of the molecule is CC[C@@H]1OC(=O)[C@H](C)C(=O)[C@H](C)[C@@H](O[C@@H]2O[C@H](C)C[C@H](N(C)C)[C@H]2O)[C@@](C)(OC)C[C@@H](C)C2=[N+]([O-])CN(CCCn3nnc4ccccc43)N3C(=O)O[C@@]1(C)[C@H]3[C@@H]2C. The second kappa shape index (κ2) is 17.1. The van der Waals surface area contributed by atoms with E-state index in [2.05, 4.69) is 10.3 Å². The van der Waals surface area contributed by atoms with E-state index in [1.807, 2.05) is 77.9 Å². The molecule has 0 spiro atoms. The fraction of sp³-hybridized carbons (Fsp3) is 0.756. The molecule has 1 N–H and O–H groups in total. The van der Waals surface area contributed by atoms with Crippen molar-refractivity contribution in [2.75, 3.05) is 34.4 Å². The van der Waals surface area contributed by atoms with Crippen LogP contribution >= 0.6 is 0 Å². The molecule has 0 saturated carbocycles. The Balaban J connectivity index is 1.41. The van der Waals surface area contributed by atoms with Crippen LogP contribution in [0.1, 0.15) is 81.1 Å². The molecule has 0 aliphatic carbocycles. The quantitative estimate of drug-likeness (QED) is 0.168. The van der Waals surface area contributed by atoms with Crippen molar-refractivity contribution in [3.05, 3.63) is 29.5 Å². The number of aryl methyl sites for hydroxylation is 1. The van der Waals surface area contributed by atoms with Gasteiger partial charge >= 0.3 is 12.1 Å². The molecule has 17 heteroatoms. The predicted molar refractivity (Wildman–Crippen MR) is 212 cm³/mol. The first-order valence-corrected chi connectivity index (χ1v) is 20.7. The monoisotopic (exact) mass is 813 g/mol. The maximum absolute atomic E-state index is 14.7. The molecule has 2 aromatic rings. The number of methoxy groups -OCH3 is 1. The number of esters is 1. The van der Waals surface area contributed by atoms with Crippen LogP contribution in [0.5, 0.6) is 0 Å². The molecule has 4 aliphatic rings. The Kier molecular flexibility index (Phi) is 12.9. The molecular formula is C41H63N7O10. The number of hydrazine groups is 1. The van der Waals surface area contributed by atoms with Crippen molar-refractivity contribution in [1.29, 1.82) is 0 Å². The first kappa shape index (κ1) is 43.8. The summed E-state index contributed by atoms with van der Waals surface area (Å²) in [6, 6.07) is 6.60. The van der Waals surface area contributed by atoms with Crippen molar-refractivity contribution in [1.82, 2.24) is 29.9 Å². The zero-order valence-corrected chi connectivity index (χ0v) is 35.9. The van der Waals surface area contributed by atoms with E-state index in [0.717, 1.165) is 15.8 Å². The van der Waals surface area contributed by atoms with Crippen LogP contribution in [0.4, 0.5) is 4.79 Å². The van der Waals surface area contributed by atoms with Crippen molar-refractivity contribution in [2.24, 2.45) is 23.7 Å². The molecule has 0 unspecified atom stereocenters. The van der Waals surface area contributed by atoms with E-state index in [0.29, 0.717) is 31.6 Å². The minimum atomic E-state index is -1.40. The van der Waals surface area contributed by atoms with E-state index in [4.69, 9.17) is 23.7 Å². The lowest BCUT2D eigenvalue weighted by Gasteiger charge is -2.47. The number of Topliss-reactive ketones (excluding diaryl/α,β-unsaturated/α-hetero) is 1. The zero-order chi connectivity index (χ0) is 42.4. The fourth-order valence-electron chi connectivity index (χ4n) is 10.1. The third-order valence-electron chi connectivity index (χ3n) is 13.2. The van der Waals surface area contributed by atoms with Crippen LogP contribution in [0.15, 0.2) is 24.3 Å². The number of cyclic esters (lactones) is 1. The summed E-state index contributed by atoms with van der Waals surface area (Å²) in [6.45, 7) is 14.9. The summed E-state index contributed by atoms with van der Waals surface area (Å²) >= 11 is 0. The summed E-state index contributed by atoms with van der Waals surface area (Å²) in [7, 11) is 5.28. The van der Waals surface area contributed by atoms with Crippen LogP contribution in [-0.4, -0.2) is 152 Å². The van der Waals surface area contributed by atoms with Crippen molar-refractivity contribution in [2.45, 2.75) is 142 Å². The molecule has 5 heterocycles. The van der Waals surface area contributed by atoms with Gasteiger partial charge in [0.2, 0.25) is 6.67 Å². The highest BCUT2D eigenvalue weighted by Gasteiger charge is 2.63. The number of ether oxygens (including phenoxy) is 5. The molecule has 58 heavy (non-hydrogen) atoms. The fourth-order valence-corrected chi connectivity index (χ4v) is 10.1. The van der Waals surface area contributed by atoms with E-state index in [1.165, 1.54) is 19.0 Å². The maximum atomic E-state index is 14.7. The molecule has 3 fully saturated rings. The summed E-state index contributed by atoms with van der Waals surface area (Å²) in [5, 5.41) is 38.0.